The summed E-state index contributed by atoms with van der Waals surface area (Å²) >= 11 is 0. The van der Waals surface area contributed by atoms with E-state index in [1.807, 2.05) is 6.07 Å². The van der Waals surface area contributed by atoms with Crippen molar-refractivity contribution in [1.29, 1.82) is 0 Å². The minimum Gasteiger partial charge on any atom is -0.479 e. The van der Waals surface area contributed by atoms with Gasteiger partial charge in [0.25, 0.3) is 5.91 Å². The molecular weight excluding hydrogens is 348 g/mol. The van der Waals surface area contributed by atoms with Gasteiger partial charge in [-0.3, -0.25) is 10.1 Å². The number of hydrogen-bond donors (Lipinski definition) is 2. The second-order valence-electron chi connectivity index (χ2n) is 5.65. The van der Waals surface area contributed by atoms with E-state index < -0.39 is 30.1 Å². The van der Waals surface area contributed by atoms with Crippen molar-refractivity contribution in [3.8, 4) is 5.75 Å². The summed E-state index contributed by atoms with van der Waals surface area (Å²) in [6.45, 7) is 3.61. The van der Waals surface area contributed by atoms with Crippen LogP contribution in [0.5, 0.6) is 5.75 Å². The van der Waals surface area contributed by atoms with Crippen LogP contribution in [0.2, 0.25) is 0 Å². The highest BCUT2D eigenvalue weighted by atomic mass is 16.6. The first-order valence-electron chi connectivity index (χ1n) is 8.57. The summed E-state index contributed by atoms with van der Waals surface area (Å²) in [7, 11) is 0. The topological polar surface area (TPSA) is 93.7 Å². The quantitative estimate of drug-likeness (QED) is 0.731. The fourth-order valence-electron chi connectivity index (χ4n) is 2.25. The lowest BCUT2D eigenvalue weighted by molar-refractivity contribution is -0.162. The van der Waals surface area contributed by atoms with Crippen molar-refractivity contribution in [2.45, 2.75) is 26.1 Å². The van der Waals surface area contributed by atoms with E-state index in [4.69, 9.17) is 9.47 Å². The fourth-order valence-corrected chi connectivity index (χ4v) is 2.25. The Kier molecular flexibility index (Phi) is 7.37. The third kappa shape index (κ3) is 6.14. The second-order valence-corrected chi connectivity index (χ2v) is 5.65. The maximum atomic E-state index is 12.5. The smallest absolute Gasteiger partial charge is 0.348 e. The van der Waals surface area contributed by atoms with Gasteiger partial charge in [0.15, 0.2) is 6.10 Å². The largest absolute Gasteiger partial charge is 0.479 e. The molecule has 7 nitrogen and oxygen atoms in total. The first-order valence-corrected chi connectivity index (χ1v) is 8.57. The molecule has 2 aromatic rings. The minimum absolute atomic E-state index is 0.358. The lowest BCUT2D eigenvalue weighted by Crippen LogP contribution is -2.43. The van der Waals surface area contributed by atoms with E-state index in [0.29, 0.717) is 17.9 Å². The van der Waals surface area contributed by atoms with Crippen molar-refractivity contribution in [1.82, 2.24) is 10.6 Å². The van der Waals surface area contributed by atoms with Gasteiger partial charge in [-0.25, -0.2) is 9.59 Å². The number of ether oxygens (including phenoxy) is 2. The van der Waals surface area contributed by atoms with Crippen molar-refractivity contribution < 1.29 is 23.9 Å². The molecule has 2 atom stereocenters. The molecule has 0 fully saturated rings. The van der Waals surface area contributed by atoms with E-state index in [9.17, 15) is 14.4 Å². The van der Waals surface area contributed by atoms with E-state index in [0.717, 1.165) is 0 Å². The first kappa shape index (κ1) is 20.0. The molecule has 0 aliphatic heterocycles. The second kappa shape index (κ2) is 9.96. The summed E-state index contributed by atoms with van der Waals surface area (Å²) in [4.78, 5) is 36.5. The maximum Gasteiger partial charge on any atom is 0.348 e. The Balaban J connectivity index is 2.10. The highest BCUT2D eigenvalue weighted by molar-refractivity contribution is 5.97. The van der Waals surface area contributed by atoms with Crippen LogP contribution in [0.25, 0.3) is 0 Å². The maximum absolute atomic E-state index is 12.5. The van der Waals surface area contributed by atoms with Crippen molar-refractivity contribution in [3.05, 3.63) is 66.2 Å². The Morgan fingerprint density at radius 1 is 0.963 bits per heavy atom. The Morgan fingerprint density at radius 2 is 1.56 bits per heavy atom. The average Bonchev–Trinajstić information content (AvgIpc) is 2.67. The number of esters is 1. The number of benzene rings is 2. The van der Waals surface area contributed by atoms with E-state index >= 15 is 0 Å². The fraction of sp³-hybridized carbons (Fsp3) is 0.250. The summed E-state index contributed by atoms with van der Waals surface area (Å²) in [6, 6.07) is 16.6. The van der Waals surface area contributed by atoms with Crippen LogP contribution in [0.4, 0.5) is 4.79 Å². The molecule has 2 N–H and O–H groups in total. The summed E-state index contributed by atoms with van der Waals surface area (Å²) in [5, 5.41) is 4.62. The van der Waals surface area contributed by atoms with Crippen molar-refractivity contribution >= 4 is 17.9 Å². The minimum atomic E-state index is -1.27. The number of imide groups is 1. The van der Waals surface area contributed by atoms with Gasteiger partial charge in [0, 0.05) is 12.1 Å². The van der Waals surface area contributed by atoms with Crippen LogP contribution in [0.1, 0.15) is 25.5 Å². The molecule has 7 heteroatoms. The molecule has 0 aliphatic rings. The first-order chi connectivity index (χ1) is 13.0. The van der Waals surface area contributed by atoms with E-state index in [1.54, 1.807) is 61.5 Å². The van der Waals surface area contributed by atoms with Crippen LogP contribution in [-0.4, -0.2) is 30.6 Å². The van der Waals surface area contributed by atoms with Crippen LogP contribution in [0.15, 0.2) is 60.7 Å². The molecule has 0 bridgehead atoms. The molecular formula is C20H22N2O5. The summed E-state index contributed by atoms with van der Waals surface area (Å²) in [5.41, 5.74) is 0.444. The van der Waals surface area contributed by atoms with Crippen LogP contribution >= 0.6 is 0 Å². The van der Waals surface area contributed by atoms with Crippen molar-refractivity contribution in [2.75, 3.05) is 6.54 Å². The van der Waals surface area contributed by atoms with E-state index in [-0.39, 0.29) is 0 Å². The number of carbonyl (C=O) groups excluding carboxylic acids is 3. The third-order valence-electron chi connectivity index (χ3n) is 3.54. The Hall–Kier alpha value is -3.35. The van der Waals surface area contributed by atoms with Gasteiger partial charge in [-0.1, -0.05) is 48.5 Å². The molecule has 0 unspecified atom stereocenters. The number of nitrogens with one attached hydrogen (secondary N) is 2. The van der Waals surface area contributed by atoms with Crippen LogP contribution in [0.3, 0.4) is 0 Å². The van der Waals surface area contributed by atoms with Crippen LogP contribution in [-0.2, 0) is 14.3 Å². The predicted molar refractivity (Wildman–Crippen MR) is 99.0 cm³/mol. The van der Waals surface area contributed by atoms with Crippen molar-refractivity contribution in [3.63, 3.8) is 0 Å². The number of amides is 3. The van der Waals surface area contributed by atoms with E-state index in [2.05, 4.69) is 10.6 Å². The summed E-state index contributed by atoms with van der Waals surface area (Å²) in [5.74, 6) is -0.962. The zero-order valence-electron chi connectivity index (χ0n) is 15.2. The molecule has 0 aromatic heterocycles. The zero-order chi connectivity index (χ0) is 19.6. The molecule has 0 heterocycles. The van der Waals surface area contributed by atoms with Gasteiger partial charge in [0.2, 0.25) is 6.10 Å². The molecule has 142 valence electrons. The number of rotatable bonds is 7. The highest BCUT2D eigenvalue weighted by Crippen LogP contribution is 2.20. The molecule has 0 saturated carbocycles. The van der Waals surface area contributed by atoms with Gasteiger partial charge >= 0.3 is 12.0 Å². The van der Waals surface area contributed by atoms with Gasteiger partial charge in [-0.2, -0.15) is 0 Å². The Bertz CT molecular complexity index is 764. The molecule has 0 saturated heterocycles. The molecule has 0 spiro atoms. The molecule has 2 aromatic carbocycles. The van der Waals surface area contributed by atoms with Gasteiger partial charge in [-0.05, 0) is 26.0 Å². The number of hydrogen-bond acceptors (Lipinski definition) is 5. The zero-order valence-corrected chi connectivity index (χ0v) is 15.2. The van der Waals surface area contributed by atoms with Crippen LogP contribution in [0, 0.1) is 0 Å². The molecule has 0 aliphatic carbocycles. The van der Waals surface area contributed by atoms with Gasteiger partial charge in [0.05, 0.1) is 0 Å². The van der Waals surface area contributed by atoms with Crippen molar-refractivity contribution in [2.24, 2.45) is 0 Å². The van der Waals surface area contributed by atoms with Gasteiger partial charge < -0.3 is 14.8 Å². The molecule has 0 radical (unpaired) electrons. The molecule has 3 amide bonds. The highest BCUT2D eigenvalue weighted by Gasteiger charge is 2.29. The lowest BCUT2D eigenvalue weighted by atomic mass is 10.1. The van der Waals surface area contributed by atoms with Crippen LogP contribution < -0.4 is 15.4 Å². The number of para-hydroxylation sites is 1. The molecule has 2 rings (SSSR count). The third-order valence-corrected chi connectivity index (χ3v) is 3.54. The number of urea groups is 1. The Labute approximate surface area is 157 Å². The average molecular weight is 370 g/mol. The monoisotopic (exact) mass is 370 g/mol. The summed E-state index contributed by atoms with van der Waals surface area (Å²) in [6.07, 6.45) is -2.21. The standard InChI is InChI=1S/C20H22N2O5/c1-3-21-20(25)22-18(23)17(15-10-6-4-7-11-15)27-19(24)14(2)26-16-12-8-5-9-13-16/h4-14,17H,3H2,1-2H3,(H2,21,22,23,25)/t14-,17-/m0/s1. The number of carbonyl (C=O) groups is 3. The van der Waals surface area contributed by atoms with Gasteiger partial charge in [-0.15, -0.1) is 0 Å². The Morgan fingerprint density at radius 3 is 2.15 bits per heavy atom. The predicted octanol–water partition coefficient (Wildman–Crippen LogP) is 2.58. The van der Waals surface area contributed by atoms with E-state index in [1.165, 1.54) is 6.92 Å². The summed E-state index contributed by atoms with van der Waals surface area (Å²) < 4.78 is 10.9. The SMILES string of the molecule is CCNC(=O)NC(=O)[C@@H](OC(=O)[C@H](C)Oc1ccccc1)c1ccccc1. The lowest BCUT2D eigenvalue weighted by Gasteiger charge is -2.20. The van der Waals surface area contributed by atoms with Gasteiger partial charge in [0.1, 0.15) is 5.75 Å². The molecule has 27 heavy (non-hydrogen) atoms. The normalized spacial score (nSPS) is 12.4.